The van der Waals surface area contributed by atoms with Gasteiger partial charge in [-0.3, -0.25) is 0 Å². The topological polar surface area (TPSA) is 86.0 Å². The van der Waals surface area contributed by atoms with Crippen molar-refractivity contribution in [3.8, 4) is 6.01 Å². The normalized spacial score (nSPS) is 10.0. The number of nitrogen functional groups attached to an aromatic ring is 1. The lowest BCUT2D eigenvalue weighted by Gasteiger charge is -2.06. The van der Waals surface area contributed by atoms with E-state index in [-0.39, 0.29) is 12.0 Å². The van der Waals surface area contributed by atoms with Crippen molar-refractivity contribution in [2.24, 2.45) is 0 Å². The third kappa shape index (κ3) is 3.97. The van der Waals surface area contributed by atoms with Crippen molar-refractivity contribution in [3.05, 3.63) is 0 Å². The van der Waals surface area contributed by atoms with Gasteiger partial charge in [0.15, 0.2) is 0 Å². The minimum absolute atomic E-state index is 0.176. The molecule has 0 atom stereocenters. The Bertz CT molecular complexity index is 278. The molecule has 1 aromatic heterocycles. The Hall–Kier alpha value is -1.59. The highest BCUT2D eigenvalue weighted by Gasteiger charge is 2.03. The molecule has 3 N–H and O–H groups in total. The summed E-state index contributed by atoms with van der Waals surface area (Å²) in [5.41, 5.74) is 5.52. The summed E-state index contributed by atoms with van der Waals surface area (Å²) in [6, 6.07) is 0.281. The standard InChI is InChI=1S/C9H17N5O/c1-3-5-11-8-12-7(10)13-9(14-8)15-6-4-2/h3-6H2,1-2H3,(H3,10,11,12,13,14). The van der Waals surface area contributed by atoms with Crippen LogP contribution in [0.25, 0.3) is 0 Å². The molecular weight excluding hydrogens is 194 g/mol. The van der Waals surface area contributed by atoms with Crippen molar-refractivity contribution in [3.63, 3.8) is 0 Å². The van der Waals surface area contributed by atoms with E-state index < -0.39 is 0 Å². The first-order valence-corrected chi connectivity index (χ1v) is 5.14. The third-order valence-electron chi connectivity index (χ3n) is 1.60. The Morgan fingerprint density at radius 2 is 2.00 bits per heavy atom. The van der Waals surface area contributed by atoms with E-state index in [1.807, 2.05) is 6.92 Å². The van der Waals surface area contributed by atoms with E-state index >= 15 is 0 Å². The molecule has 6 nitrogen and oxygen atoms in total. The van der Waals surface area contributed by atoms with Crippen LogP contribution in [0.15, 0.2) is 0 Å². The van der Waals surface area contributed by atoms with Gasteiger partial charge in [-0.1, -0.05) is 13.8 Å². The summed E-state index contributed by atoms with van der Waals surface area (Å²) >= 11 is 0. The molecule has 0 unspecified atom stereocenters. The molecule has 0 saturated heterocycles. The number of nitrogens with zero attached hydrogens (tertiary/aromatic N) is 3. The maximum atomic E-state index is 5.52. The lowest BCUT2D eigenvalue weighted by Crippen LogP contribution is -2.10. The van der Waals surface area contributed by atoms with Gasteiger partial charge in [-0.15, -0.1) is 0 Å². The number of anilines is 2. The number of rotatable bonds is 6. The van der Waals surface area contributed by atoms with Crippen LogP contribution < -0.4 is 15.8 Å². The van der Waals surface area contributed by atoms with Crippen molar-refractivity contribution >= 4 is 11.9 Å². The van der Waals surface area contributed by atoms with E-state index in [0.29, 0.717) is 12.6 Å². The Morgan fingerprint density at radius 3 is 2.67 bits per heavy atom. The fourth-order valence-electron chi connectivity index (χ4n) is 0.946. The van der Waals surface area contributed by atoms with Gasteiger partial charge in [-0.05, 0) is 12.8 Å². The van der Waals surface area contributed by atoms with E-state index in [0.717, 1.165) is 19.4 Å². The highest BCUT2D eigenvalue weighted by molar-refractivity contribution is 5.32. The van der Waals surface area contributed by atoms with Gasteiger partial charge in [0.25, 0.3) is 0 Å². The molecule has 84 valence electrons. The molecule has 0 bridgehead atoms. The average molecular weight is 211 g/mol. The quantitative estimate of drug-likeness (QED) is 0.731. The van der Waals surface area contributed by atoms with E-state index in [1.165, 1.54) is 0 Å². The van der Waals surface area contributed by atoms with Gasteiger partial charge in [0.1, 0.15) is 0 Å². The SMILES string of the molecule is CCCNc1nc(N)nc(OCCC)n1. The molecule has 0 aliphatic carbocycles. The van der Waals surface area contributed by atoms with Gasteiger partial charge in [-0.2, -0.15) is 15.0 Å². The first kappa shape index (κ1) is 11.5. The van der Waals surface area contributed by atoms with Crippen LogP contribution in [-0.2, 0) is 0 Å². The fourth-order valence-corrected chi connectivity index (χ4v) is 0.946. The largest absolute Gasteiger partial charge is 0.463 e. The van der Waals surface area contributed by atoms with E-state index in [2.05, 4.69) is 27.2 Å². The minimum Gasteiger partial charge on any atom is -0.463 e. The number of ether oxygens (including phenoxy) is 1. The Labute approximate surface area is 89.3 Å². The summed E-state index contributed by atoms with van der Waals surface area (Å²) in [6.45, 7) is 5.46. The zero-order chi connectivity index (χ0) is 11.1. The Balaban J connectivity index is 2.66. The monoisotopic (exact) mass is 211 g/mol. The molecule has 6 heteroatoms. The molecule has 0 amide bonds. The summed E-state index contributed by atoms with van der Waals surface area (Å²) in [6.07, 6.45) is 1.90. The number of nitrogens with two attached hydrogens (primary N) is 1. The van der Waals surface area contributed by atoms with E-state index in [9.17, 15) is 0 Å². The smallest absolute Gasteiger partial charge is 0.323 e. The summed E-state index contributed by atoms with van der Waals surface area (Å²) < 4.78 is 5.27. The van der Waals surface area contributed by atoms with Crippen LogP contribution >= 0.6 is 0 Å². The van der Waals surface area contributed by atoms with Gasteiger partial charge in [0.05, 0.1) is 6.61 Å². The molecule has 0 aliphatic heterocycles. The molecule has 0 saturated carbocycles. The van der Waals surface area contributed by atoms with Crippen molar-refractivity contribution in [1.29, 1.82) is 0 Å². The van der Waals surface area contributed by atoms with E-state index in [1.54, 1.807) is 0 Å². The first-order valence-electron chi connectivity index (χ1n) is 5.14. The second-order valence-corrected chi connectivity index (χ2v) is 3.08. The van der Waals surface area contributed by atoms with Crippen LogP contribution in [0.4, 0.5) is 11.9 Å². The van der Waals surface area contributed by atoms with Crippen LogP contribution in [0.5, 0.6) is 6.01 Å². The maximum absolute atomic E-state index is 5.52. The highest BCUT2D eigenvalue weighted by Crippen LogP contribution is 2.08. The Morgan fingerprint density at radius 1 is 1.20 bits per heavy atom. The van der Waals surface area contributed by atoms with Gasteiger partial charge < -0.3 is 15.8 Å². The minimum atomic E-state index is 0.176. The predicted octanol–water partition coefficient (Wildman–Crippen LogP) is 1.06. The van der Waals surface area contributed by atoms with Crippen LogP contribution in [0, 0.1) is 0 Å². The number of nitrogens with one attached hydrogen (secondary N) is 1. The molecule has 0 radical (unpaired) electrons. The van der Waals surface area contributed by atoms with Gasteiger partial charge in [0.2, 0.25) is 11.9 Å². The second-order valence-electron chi connectivity index (χ2n) is 3.08. The first-order chi connectivity index (χ1) is 7.26. The molecule has 0 spiro atoms. The zero-order valence-corrected chi connectivity index (χ0v) is 9.16. The van der Waals surface area contributed by atoms with E-state index in [4.69, 9.17) is 10.5 Å². The van der Waals surface area contributed by atoms with Crippen LogP contribution in [0.3, 0.4) is 0 Å². The van der Waals surface area contributed by atoms with Gasteiger partial charge >= 0.3 is 6.01 Å². The van der Waals surface area contributed by atoms with Gasteiger partial charge in [-0.25, -0.2) is 0 Å². The maximum Gasteiger partial charge on any atom is 0.323 e. The second kappa shape index (κ2) is 6.00. The summed E-state index contributed by atoms with van der Waals surface area (Å²) in [5.74, 6) is 0.644. The summed E-state index contributed by atoms with van der Waals surface area (Å²) in [7, 11) is 0. The molecular formula is C9H17N5O. The zero-order valence-electron chi connectivity index (χ0n) is 9.16. The number of hydrogen-bond acceptors (Lipinski definition) is 6. The molecule has 0 aliphatic rings. The molecule has 1 rings (SSSR count). The number of hydrogen-bond donors (Lipinski definition) is 2. The van der Waals surface area contributed by atoms with Crippen LogP contribution in [0.2, 0.25) is 0 Å². The van der Waals surface area contributed by atoms with Crippen LogP contribution in [-0.4, -0.2) is 28.1 Å². The molecule has 15 heavy (non-hydrogen) atoms. The molecule has 0 aromatic carbocycles. The molecule has 1 aromatic rings. The summed E-state index contributed by atoms with van der Waals surface area (Å²) in [5, 5.41) is 3.03. The fraction of sp³-hybridized carbons (Fsp3) is 0.667. The van der Waals surface area contributed by atoms with Crippen molar-refractivity contribution in [1.82, 2.24) is 15.0 Å². The van der Waals surface area contributed by atoms with Crippen molar-refractivity contribution in [2.75, 3.05) is 24.2 Å². The summed E-state index contributed by atoms with van der Waals surface area (Å²) in [4.78, 5) is 11.9. The molecule has 1 heterocycles. The third-order valence-corrected chi connectivity index (χ3v) is 1.60. The highest BCUT2D eigenvalue weighted by atomic mass is 16.5. The van der Waals surface area contributed by atoms with Crippen LogP contribution in [0.1, 0.15) is 26.7 Å². The lowest BCUT2D eigenvalue weighted by molar-refractivity contribution is 0.292. The molecule has 0 fully saturated rings. The van der Waals surface area contributed by atoms with Gasteiger partial charge in [0, 0.05) is 6.54 Å². The lowest BCUT2D eigenvalue weighted by atomic mass is 10.5. The van der Waals surface area contributed by atoms with Crippen molar-refractivity contribution < 1.29 is 4.74 Å². The average Bonchev–Trinajstić information content (AvgIpc) is 2.23. The predicted molar refractivity (Wildman–Crippen MR) is 58.8 cm³/mol. The number of aromatic nitrogens is 3. The van der Waals surface area contributed by atoms with Crippen molar-refractivity contribution in [2.45, 2.75) is 26.7 Å². The Kier molecular flexibility index (Phi) is 4.59.